The summed E-state index contributed by atoms with van der Waals surface area (Å²) in [7, 11) is 1.75. The molecule has 0 spiro atoms. The molecule has 0 bridgehead atoms. The average molecular weight is 498 g/mol. The maximum Gasteiger partial charge on any atom is 0.407 e. The molecule has 1 rings (SSSR count). The summed E-state index contributed by atoms with van der Waals surface area (Å²) in [6, 6.07) is 0.451. The number of hydrogen-bond donors (Lipinski definition) is 3. The zero-order valence-corrected chi connectivity index (χ0v) is 20.1. The average Bonchev–Trinajstić information content (AvgIpc) is 2.59. The highest BCUT2D eigenvalue weighted by Gasteiger charge is 2.20. The molecule has 0 saturated carbocycles. The molecule has 8 nitrogen and oxygen atoms in total. The number of likely N-dealkylation sites (N-methyl/N-ethyl adjacent to an activating group) is 1. The number of nitrogens with zero attached hydrogens (tertiary/aromatic N) is 3. The lowest BCUT2D eigenvalue weighted by Crippen LogP contribution is -2.53. The fourth-order valence-corrected chi connectivity index (χ4v) is 2.77. The lowest BCUT2D eigenvalue weighted by molar-refractivity contribution is 0.0529. The molecule has 0 aromatic carbocycles. The molecule has 3 N–H and O–H groups in total. The highest BCUT2D eigenvalue weighted by molar-refractivity contribution is 14.0. The fourth-order valence-electron chi connectivity index (χ4n) is 2.77. The molecule has 1 aliphatic heterocycles. The first-order valence-corrected chi connectivity index (χ1v) is 9.63. The van der Waals surface area contributed by atoms with E-state index in [0.717, 1.165) is 45.2 Å². The molecule has 1 fully saturated rings. The number of amides is 1. The number of hydrogen-bond acceptors (Lipinski definition) is 5. The van der Waals surface area contributed by atoms with E-state index in [2.05, 4.69) is 44.6 Å². The third-order valence-corrected chi connectivity index (χ3v) is 4.35. The van der Waals surface area contributed by atoms with Crippen molar-refractivity contribution in [1.82, 2.24) is 25.8 Å². The first-order valence-electron chi connectivity index (χ1n) is 9.63. The molecule has 27 heavy (non-hydrogen) atoms. The van der Waals surface area contributed by atoms with Gasteiger partial charge in [0.1, 0.15) is 5.60 Å². The van der Waals surface area contributed by atoms with Crippen molar-refractivity contribution < 1.29 is 9.53 Å². The van der Waals surface area contributed by atoms with E-state index >= 15 is 0 Å². The van der Waals surface area contributed by atoms with Crippen molar-refractivity contribution in [2.45, 2.75) is 46.3 Å². The second kappa shape index (κ2) is 13.4. The number of alkyl carbamates (subject to hydrolysis) is 1. The van der Waals surface area contributed by atoms with Gasteiger partial charge in [-0.1, -0.05) is 6.92 Å². The number of piperazine rings is 1. The summed E-state index contributed by atoms with van der Waals surface area (Å²) in [4.78, 5) is 20.8. The smallest absolute Gasteiger partial charge is 0.407 e. The summed E-state index contributed by atoms with van der Waals surface area (Å²) in [6.45, 7) is 17.5. The van der Waals surface area contributed by atoms with E-state index in [0.29, 0.717) is 19.1 Å². The third kappa shape index (κ3) is 11.6. The van der Waals surface area contributed by atoms with Gasteiger partial charge in [-0.3, -0.25) is 9.89 Å². The fraction of sp³-hybridized carbons (Fsp3) is 0.889. The molecule has 160 valence electrons. The van der Waals surface area contributed by atoms with Crippen LogP contribution in [0, 0.1) is 0 Å². The zero-order valence-electron chi connectivity index (χ0n) is 17.8. The predicted octanol–water partition coefficient (Wildman–Crippen LogP) is 1.32. The highest BCUT2D eigenvalue weighted by Crippen LogP contribution is 2.06. The minimum atomic E-state index is -0.478. The molecule has 1 aliphatic rings. The lowest BCUT2D eigenvalue weighted by Gasteiger charge is -2.37. The highest BCUT2D eigenvalue weighted by atomic mass is 127. The molecule has 1 atom stereocenters. The number of halogens is 1. The molecule has 0 aromatic heterocycles. The molecule has 0 aliphatic carbocycles. The van der Waals surface area contributed by atoms with Crippen molar-refractivity contribution in [3.63, 3.8) is 0 Å². The van der Waals surface area contributed by atoms with Gasteiger partial charge in [-0.15, -0.1) is 24.0 Å². The molecule has 0 radical (unpaired) electrons. The third-order valence-electron chi connectivity index (χ3n) is 4.35. The summed E-state index contributed by atoms with van der Waals surface area (Å²) in [6.07, 6.45) is -0.401. The summed E-state index contributed by atoms with van der Waals surface area (Å²) >= 11 is 0. The molecule has 1 amide bonds. The van der Waals surface area contributed by atoms with Crippen LogP contribution in [-0.2, 0) is 4.74 Å². The van der Waals surface area contributed by atoms with E-state index in [-0.39, 0.29) is 24.0 Å². The monoisotopic (exact) mass is 498 g/mol. The number of rotatable bonds is 7. The van der Waals surface area contributed by atoms with Crippen LogP contribution in [0.15, 0.2) is 4.99 Å². The quantitative estimate of drug-likeness (QED) is 0.213. The first-order chi connectivity index (χ1) is 12.2. The number of guanidine groups is 1. The number of aliphatic imine (C=N–C) groups is 1. The van der Waals surface area contributed by atoms with E-state index in [1.165, 1.54) is 0 Å². The minimum Gasteiger partial charge on any atom is -0.444 e. The van der Waals surface area contributed by atoms with Gasteiger partial charge in [0.25, 0.3) is 0 Å². The normalized spacial score (nSPS) is 17.6. The molecule has 9 heteroatoms. The van der Waals surface area contributed by atoms with Crippen LogP contribution in [0.4, 0.5) is 4.79 Å². The maximum absolute atomic E-state index is 11.6. The number of nitrogens with one attached hydrogen (secondary N) is 3. The zero-order chi connectivity index (χ0) is 19.6. The van der Waals surface area contributed by atoms with Gasteiger partial charge in [0.15, 0.2) is 5.96 Å². The Balaban J connectivity index is 0.00000676. The van der Waals surface area contributed by atoms with E-state index in [1.54, 1.807) is 7.05 Å². The van der Waals surface area contributed by atoms with Gasteiger partial charge < -0.3 is 25.6 Å². The molecular weight excluding hydrogens is 459 g/mol. The van der Waals surface area contributed by atoms with Gasteiger partial charge in [0.05, 0.1) is 0 Å². The van der Waals surface area contributed by atoms with Crippen LogP contribution in [0.2, 0.25) is 0 Å². The Morgan fingerprint density at radius 1 is 1.11 bits per heavy atom. The van der Waals surface area contributed by atoms with Crippen LogP contribution in [0.5, 0.6) is 0 Å². The summed E-state index contributed by atoms with van der Waals surface area (Å²) in [5, 5.41) is 9.29. The van der Waals surface area contributed by atoms with Crippen LogP contribution in [-0.4, -0.2) is 92.9 Å². The molecule has 1 heterocycles. The number of carbonyl (C=O) groups excluding carboxylic acids is 1. The molecule has 1 saturated heterocycles. The maximum atomic E-state index is 11.6. The predicted molar refractivity (Wildman–Crippen MR) is 122 cm³/mol. The van der Waals surface area contributed by atoms with E-state index < -0.39 is 11.7 Å². The largest absolute Gasteiger partial charge is 0.444 e. The number of carbonyl (C=O) groups is 1. The lowest BCUT2D eigenvalue weighted by atomic mass is 10.2. The SMILES string of the molecule is CCN1CCN(C(C)CNC(=NC)NCCNC(=O)OC(C)(C)C)CC1.I. The molecular formula is C18H39IN6O2. The van der Waals surface area contributed by atoms with Crippen molar-refractivity contribution in [3.8, 4) is 0 Å². The Morgan fingerprint density at radius 3 is 2.22 bits per heavy atom. The van der Waals surface area contributed by atoms with Gasteiger partial charge >= 0.3 is 6.09 Å². The van der Waals surface area contributed by atoms with Crippen LogP contribution in [0.1, 0.15) is 34.6 Å². The second-order valence-corrected chi connectivity index (χ2v) is 7.63. The molecule has 1 unspecified atom stereocenters. The van der Waals surface area contributed by atoms with Gasteiger partial charge in [0, 0.05) is 58.9 Å². The van der Waals surface area contributed by atoms with Gasteiger partial charge in [-0.05, 0) is 34.2 Å². The van der Waals surface area contributed by atoms with E-state index in [4.69, 9.17) is 4.74 Å². The summed E-state index contributed by atoms with van der Waals surface area (Å²) < 4.78 is 5.20. The van der Waals surface area contributed by atoms with Crippen molar-refractivity contribution >= 4 is 36.0 Å². The minimum absolute atomic E-state index is 0. The topological polar surface area (TPSA) is 81.2 Å². The van der Waals surface area contributed by atoms with Crippen LogP contribution in [0.25, 0.3) is 0 Å². The first kappa shape index (κ1) is 26.2. The van der Waals surface area contributed by atoms with Crippen molar-refractivity contribution in [1.29, 1.82) is 0 Å². The summed E-state index contributed by atoms with van der Waals surface area (Å²) in [5.41, 5.74) is -0.478. The Kier molecular flexibility index (Phi) is 13.0. The van der Waals surface area contributed by atoms with Crippen LogP contribution < -0.4 is 16.0 Å². The van der Waals surface area contributed by atoms with Gasteiger partial charge in [-0.25, -0.2) is 4.79 Å². The van der Waals surface area contributed by atoms with Gasteiger partial charge in [-0.2, -0.15) is 0 Å². The standard InChI is InChI=1S/C18H38N6O2.HI/c1-7-23-10-12-24(13-11-23)15(2)14-22-16(19-6)20-8-9-21-17(25)26-18(3,4)5;/h15H,7-14H2,1-6H3,(H,21,25)(H2,19,20,22);1H. The van der Waals surface area contributed by atoms with E-state index in [1.807, 2.05) is 20.8 Å². The number of ether oxygens (including phenoxy) is 1. The van der Waals surface area contributed by atoms with Crippen molar-refractivity contribution in [3.05, 3.63) is 0 Å². The second-order valence-electron chi connectivity index (χ2n) is 7.63. The Labute approximate surface area is 181 Å². The van der Waals surface area contributed by atoms with E-state index in [9.17, 15) is 4.79 Å². The van der Waals surface area contributed by atoms with Crippen LogP contribution >= 0.6 is 24.0 Å². The van der Waals surface area contributed by atoms with Crippen LogP contribution in [0.3, 0.4) is 0 Å². The summed E-state index contributed by atoms with van der Waals surface area (Å²) in [5.74, 6) is 0.745. The van der Waals surface area contributed by atoms with Crippen molar-refractivity contribution in [2.24, 2.45) is 4.99 Å². The Hall–Kier alpha value is -0.810. The Morgan fingerprint density at radius 2 is 1.70 bits per heavy atom. The van der Waals surface area contributed by atoms with Crippen molar-refractivity contribution in [2.75, 3.05) is 59.4 Å². The Bertz CT molecular complexity index is 448. The molecule has 0 aromatic rings. The van der Waals surface area contributed by atoms with Gasteiger partial charge in [0.2, 0.25) is 0 Å².